The Morgan fingerprint density at radius 1 is 1.24 bits per heavy atom. The molecule has 0 atom stereocenters. The Morgan fingerprint density at radius 3 is 2.80 bits per heavy atom. The maximum absolute atomic E-state index is 13.5. The molecule has 0 radical (unpaired) electrons. The highest BCUT2D eigenvalue weighted by Gasteiger charge is 2.14. The summed E-state index contributed by atoms with van der Waals surface area (Å²) in [6.07, 6.45) is 1.41. The highest BCUT2D eigenvalue weighted by Crippen LogP contribution is 2.35. The highest BCUT2D eigenvalue weighted by atomic mass is 32.1. The molecule has 1 heterocycles. The Bertz CT molecular complexity index is 904. The zero-order chi connectivity index (χ0) is 17.8. The summed E-state index contributed by atoms with van der Waals surface area (Å²) in [5.41, 5.74) is 2.14. The second-order valence-corrected chi connectivity index (χ2v) is 7.04. The number of fused-ring (bicyclic) bond motifs is 1. The molecule has 1 N–H and O–H groups in total. The summed E-state index contributed by atoms with van der Waals surface area (Å²) >= 11 is 1.71. The van der Waals surface area contributed by atoms with Gasteiger partial charge < -0.3 is 10.1 Å². The van der Waals surface area contributed by atoms with Gasteiger partial charge in [0.05, 0.1) is 7.11 Å². The average Bonchev–Trinajstić information content (AvgIpc) is 2.91. The van der Waals surface area contributed by atoms with E-state index in [0.29, 0.717) is 13.0 Å². The van der Waals surface area contributed by atoms with Crippen molar-refractivity contribution in [2.45, 2.75) is 19.8 Å². The van der Waals surface area contributed by atoms with E-state index in [1.807, 2.05) is 18.2 Å². The van der Waals surface area contributed by atoms with Gasteiger partial charge >= 0.3 is 0 Å². The van der Waals surface area contributed by atoms with Crippen molar-refractivity contribution in [1.29, 1.82) is 0 Å². The number of carbonyl (C=O) groups is 1. The van der Waals surface area contributed by atoms with Crippen LogP contribution in [0.15, 0.2) is 42.5 Å². The van der Waals surface area contributed by atoms with Crippen LogP contribution in [0.25, 0.3) is 10.1 Å². The van der Waals surface area contributed by atoms with E-state index in [4.69, 9.17) is 4.74 Å². The standard InChI is InChI=1S/C20H20FNO2S/c1-13(23)22-9-8-17-18-12-16(24-2)6-7-19(18)25-20(17)11-14-4-3-5-15(21)10-14/h3-7,10,12H,8-9,11H2,1-2H3,(H,22,23). The van der Waals surface area contributed by atoms with Gasteiger partial charge in [0.1, 0.15) is 11.6 Å². The number of amides is 1. The van der Waals surface area contributed by atoms with Gasteiger partial charge in [0, 0.05) is 29.5 Å². The number of rotatable bonds is 6. The largest absolute Gasteiger partial charge is 0.497 e. The molecule has 3 rings (SSSR count). The van der Waals surface area contributed by atoms with Crippen LogP contribution in [0.5, 0.6) is 5.75 Å². The summed E-state index contributed by atoms with van der Waals surface area (Å²) in [6, 6.07) is 12.7. The zero-order valence-corrected chi connectivity index (χ0v) is 15.1. The molecule has 3 nitrogen and oxygen atoms in total. The van der Waals surface area contributed by atoms with Crippen molar-refractivity contribution in [3.05, 3.63) is 64.3 Å². The smallest absolute Gasteiger partial charge is 0.216 e. The van der Waals surface area contributed by atoms with Crippen LogP contribution < -0.4 is 10.1 Å². The average molecular weight is 357 g/mol. The number of carbonyl (C=O) groups excluding carboxylic acids is 1. The first-order chi connectivity index (χ1) is 12.1. The molecule has 0 unspecified atom stereocenters. The van der Waals surface area contributed by atoms with Crippen molar-refractivity contribution >= 4 is 27.3 Å². The number of hydrogen-bond acceptors (Lipinski definition) is 3. The van der Waals surface area contributed by atoms with Gasteiger partial charge in [-0.05, 0) is 53.3 Å². The molecule has 0 aliphatic heterocycles. The number of thiophene rings is 1. The first-order valence-corrected chi connectivity index (χ1v) is 8.95. The van der Waals surface area contributed by atoms with E-state index in [9.17, 15) is 9.18 Å². The van der Waals surface area contributed by atoms with Gasteiger partial charge in [-0.25, -0.2) is 4.39 Å². The number of hydrogen-bond donors (Lipinski definition) is 1. The normalized spacial score (nSPS) is 10.8. The van der Waals surface area contributed by atoms with E-state index in [1.165, 1.54) is 28.1 Å². The molecule has 5 heteroatoms. The van der Waals surface area contributed by atoms with Gasteiger partial charge in [-0.2, -0.15) is 0 Å². The Kier molecular flexibility index (Phi) is 5.34. The monoisotopic (exact) mass is 357 g/mol. The van der Waals surface area contributed by atoms with Crippen molar-refractivity contribution < 1.29 is 13.9 Å². The first kappa shape index (κ1) is 17.4. The zero-order valence-electron chi connectivity index (χ0n) is 14.3. The molecule has 130 valence electrons. The van der Waals surface area contributed by atoms with Crippen LogP contribution in [0, 0.1) is 5.82 Å². The molecule has 0 saturated heterocycles. The molecule has 2 aromatic carbocycles. The van der Waals surface area contributed by atoms with Gasteiger partial charge in [-0.3, -0.25) is 4.79 Å². The van der Waals surface area contributed by atoms with E-state index >= 15 is 0 Å². The Balaban J connectivity index is 1.98. The molecule has 1 aromatic heterocycles. The minimum atomic E-state index is -0.222. The van der Waals surface area contributed by atoms with Gasteiger partial charge in [-0.15, -0.1) is 11.3 Å². The first-order valence-electron chi connectivity index (χ1n) is 8.14. The summed E-state index contributed by atoms with van der Waals surface area (Å²) in [7, 11) is 1.65. The number of halogens is 1. The van der Waals surface area contributed by atoms with Crippen molar-refractivity contribution in [3.8, 4) is 5.75 Å². The molecule has 0 bridgehead atoms. The number of nitrogens with one attached hydrogen (secondary N) is 1. The van der Waals surface area contributed by atoms with Crippen LogP contribution in [0.2, 0.25) is 0 Å². The predicted molar refractivity (Wildman–Crippen MR) is 100.0 cm³/mol. The van der Waals surface area contributed by atoms with E-state index in [-0.39, 0.29) is 11.7 Å². The number of ether oxygens (including phenoxy) is 1. The second kappa shape index (κ2) is 7.66. The molecule has 0 fully saturated rings. The predicted octanol–water partition coefficient (Wildman–Crippen LogP) is 4.32. The maximum Gasteiger partial charge on any atom is 0.216 e. The summed E-state index contributed by atoms with van der Waals surface area (Å²) in [5, 5.41) is 3.99. The van der Waals surface area contributed by atoms with Crippen LogP contribution in [0.3, 0.4) is 0 Å². The second-order valence-electron chi connectivity index (χ2n) is 5.91. The lowest BCUT2D eigenvalue weighted by atomic mass is 10.0. The Labute approximate surface area is 150 Å². The molecule has 0 spiro atoms. The third-order valence-electron chi connectivity index (χ3n) is 4.08. The minimum absolute atomic E-state index is 0.0382. The van der Waals surface area contributed by atoms with Gasteiger partial charge in [-0.1, -0.05) is 12.1 Å². The quantitative estimate of drug-likeness (QED) is 0.713. The van der Waals surface area contributed by atoms with Crippen molar-refractivity contribution in [2.24, 2.45) is 0 Å². The molecule has 0 aliphatic rings. The third-order valence-corrected chi connectivity index (χ3v) is 5.30. The van der Waals surface area contributed by atoms with Crippen LogP contribution in [0.1, 0.15) is 22.9 Å². The third kappa shape index (κ3) is 4.17. The molecule has 0 aliphatic carbocycles. The molecule has 25 heavy (non-hydrogen) atoms. The maximum atomic E-state index is 13.5. The summed E-state index contributed by atoms with van der Waals surface area (Å²) in [5.74, 6) is 0.548. The van der Waals surface area contributed by atoms with Crippen LogP contribution in [0.4, 0.5) is 4.39 Å². The summed E-state index contributed by atoms with van der Waals surface area (Å²) in [4.78, 5) is 12.4. The number of methoxy groups -OCH3 is 1. The van der Waals surface area contributed by atoms with E-state index in [1.54, 1.807) is 30.6 Å². The SMILES string of the molecule is COc1ccc2sc(Cc3cccc(F)c3)c(CCNC(C)=O)c2c1. The lowest BCUT2D eigenvalue weighted by Crippen LogP contribution is -2.22. The number of benzene rings is 2. The van der Waals surface area contributed by atoms with Crippen molar-refractivity contribution in [2.75, 3.05) is 13.7 Å². The van der Waals surface area contributed by atoms with Crippen molar-refractivity contribution in [3.63, 3.8) is 0 Å². The topological polar surface area (TPSA) is 38.3 Å². The van der Waals surface area contributed by atoms with Gasteiger partial charge in [0.15, 0.2) is 0 Å². The fraction of sp³-hybridized carbons (Fsp3) is 0.250. The fourth-order valence-corrected chi connectivity index (χ4v) is 4.19. The lowest BCUT2D eigenvalue weighted by molar-refractivity contribution is -0.118. The molecular formula is C20H20FNO2S. The van der Waals surface area contributed by atoms with E-state index in [0.717, 1.165) is 23.1 Å². The van der Waals surface area contributed by atoms with Gasteiger partial charge in [0.2, 0.25) is 5.91 Å². The Morgan fingerprint density at radius 2 is 2.08 bits per heavy atom. The fourth-order valence-electron chi connectivity index (χ4n) is 2.92. The van der Waals surface area contributed by atoms with Crippen LogP contribution >= 0.6 is 11.3 Å². The lowest BCUT2D eigenvalue weighted by Gasteiger charge is -2.07. The Hall–Kier alpha value is -2.40. The molecule has 0 saturated carbocycles. The van der Waals surface area contributed by atoms with E-state index < -0.39 is 0 Å². The molecule has 1 amide bonds. The molecule has 3 aromatic rings. The van der Waals surface area contributed by atoms with Crippen LogP contribution in [-0.4, -0.2) is 19.6 Å². The van der Waals surface area contributed by atoms with Crippen molar-refractivity contribution in [1.82, 2.24) is 5.32 Å². The minimum Gasteiger partial charge on any atom is -0.497 e. The summed E-state index contributed by atoms with van der Waals surface area (Å²) in [6.45, 7) is 2.09. The van der Waals surface area contributed by atoms with Gasteiger partial charge in [0.25, 0.3) is 0 Å². The molecular weight excluding hydrogens is 337 g/mol. The highest BCUT2D eigenvalue weighted by molar-refractivity contribution is 7.19. The van der Waals surface area contributed by atoms with Crippen LogP contribution in [-0.2, 0) is 17.6 Å². The summed E-state index contributed by atoms with van der Waals surface area (Å²) < 4.78 is 20.0. The van der Waals surface area contributed by atoms with E-state index in [2.05, 4.69) is 11.4 Å².